The number of hydrogen-bond acceptors (Lipinski definition) is 1. The summed E-state index contributed by atoms with van der Waals surface area (Å²) in [7, 11) is 1.97. The molecular formula is C12H15BrN2. The molecule has 0 radical (unpaired) electrons. The first kappa shape index (κ1) is 10.7. The van der Waals surface area contributed by atoms with Gasteiger partial charge in [0, 0.05) is 15.6 Å². The van der Waals surface area contributed by atoms with Gasteiger partial charge < -0.3 is 10.3 Å². The van der Waals surface area contributed by atoms with Crippen molar-refractivity contribution < 1.29 is 0 Å². The lowest BCUT2D eigenvalue weighted by Crippen LogP contribution is -2.33. The smallest absolute Gasteiger partial charge is 0.0601 e. The SMILES string of the molecule is CNC(C)(C)c1cc2cccc(Br)c2[nH]1. The molecule has 0 bridgehead atoms. The molecule has 1 aromatic heterocycles. The normalized spacial score (nSPS) is 12.3. The van der Waals surface area contributed by atoms with Gasteiger partial charge in [0.1, 0.15) is 0 Å². The van der Waals surface area contributed by atoms with Gasteiger partial charge in [-0.2, -0.15) is 0 Å². The minimum atomic E-state index is -0.0293. The minimum absolute atomic E-state index is 0.0293. The first-order valence-electron chi connectivity index (χ1n) is 5.01. The van der Waals surface area contributed by atoms with Gasteiger partial charge >= 0.3 is 0 Å². The van der Waals surface area contributed by atoms with Crippen molar-refractivity contribution in [3.63, 3.8) is 0 Å². The Kier molecular flexibility index (Phi) is 2.61. The van der Waals surface area contributed by atoms with Crippen LogP contribution in [0.15, 0.2) is 28.7 Å². The van der Waals surface area contributed by atoms with Crippen LogP contribution in [0.2, 0.25) is 0 Å². The number of aromatic amines is 1. The van der Waals surface area contributed by atoms with Gasteiger partial charge in [-0.05, 0) is 49.0 Å². The molecule has 0 atom stereocenters. The fourth-order valence-corrected chi connectivity index (χ4v) is 2.07. The van der Waals surface area contributed by atoms with Crippen molar-refractivity contribution in [2.24, 2.45) is 0 Å². The number of para-hydroxylation sites is 1. The molecule has 0 amide bonds. The Bertz CT molecular complexity index is 485. The molecule has 0 saturated carbocycles. The summed E-state index contributed by atoms with van der Waals surface area (Å²) in [5, 5.41) is 4.53. The van der Waals surface area contributed by atoms with Crippen LogP contribution < -0.4 is 5.32 Å². The highest BCUT2D eigenvalue weighted by Crippen LogP contribution is 2.28. The molecule has 3 heteroatoms. The number of fused-ring (bicyclic) bond motifs is 1. The van der Waals surface area contributed by atoms with Crippen LogP contribution >= 0.6 is 15.9 Å². The molecule has 1 heterocycles. The van der Waals surface area contributed by atoms with E-state index in [9.17, 15) is 0 Å². The zero-order valence-electron chi connectivity index (χ0n) is 9.19. The molecule has 15 heavy (non-hydrogen) atoms. The van der Waals surface area contributed by atoms with Crippen LogP contribution in [0.4, 0.5) is 0 Å². The van der Waals surface area contributed by atoms with E-state index in [2.05, 4.69) is 64.3 Å². The lowest BCUT2D eigenvalue weighted by atomic mass is 10.0. The van der Waals surface area contributed by atoms with Crippen molar-refractivity contribution >= 4 is 26.8 Å². The summed E-state index contributed by atoms with van der Waals surface area (Å²) in [6.07, 6.45) is 0. The molecule has 0 fully saturated rings. The molecule has 80 valence electrons. The summed E-state index contributed by atoms with van der Waals surface area (Å²) in [5.41, 5.74) is 2.33. The van der Waals surface area contributed by atoms with Crippen LogP contribution in [0.5, 0.6) is 0 Å². The van der Waals surface area contributed by atoms with E-state index in [1.54, 1.807) is 0 Å². The monoisotopic (exact) mass is 266 g/mol. The number of aromatic nitrogens is 1. The van der Waals surface area contributed by atoms with E-state index in [0.29, 0.717) is 0 Å². The van der Waals surface area contributed by atoms with Gasteiger partial charge in [0.05, 0.1) is 11.1 Å². The molecule has 0 aliphatic rings. The van der Waals surface area contributed by atoms with Crippen molar-refractivity contribution in [3.05, 3.63) is 34.4 Å². The van der Waals surface area contributed by atoms with Crippen LogP contribution in [-0.4, -0.2) is 12.0 Å². The van der Waals surface area contributed by atoms with E-state index >= 15 is 0 Å². The van der Waals surface area contributed by atoms with Gasteiger partial charge in [0.25, 0.3) is 0 Å². The van der Waals surface area contributed by atoms with Gasteiger partial charge in [0.15, 0.2) is 0 Å². The van der Waals surface area contributed by atoms with Crippen LogP contribution in [0.25, 0.3) is 10.9 Å². The first-order chi connectivity index (χ1) is 7.04. The largest absolute Gasteiger partial charge is 0.356 e. The molecular weight excluding hydrogens is 252 g/mol. The highest BCUT2D eigenvalue weighted by Gasteiger charge is 2.20. The predicted octanol–water partition coefficient (Wildman–Crippen LogP) is 3.38. The molecule has 2 nitrogen and oxygen atoms in total. The maximum absolute atomic E-state index is 3.55. The third-order valence-corrected chi connectivity index (χ3v) is 3.56. The fraction of sp³-hybridized carbons (Fsp3) is 0.333. The molecule has 0 aliphatic carbocycles. The van der Waals surface area contributed by atoms with E-state index in [4.69, 9.17) is 0 Å². The van der Waals surface area contributed by atoms with Crippen LogP contribution in [0, 0.1) is 0 Å². The second-order valence-electron chi connectivity index (χ2n) is 4.26. The third-order valence-electron chi connectivity index (χ3n) is 2.90. The lowest BCUT2D eigenvalue weighted by Gasteiger charge is -2.22. The third kappa shape index (κ3) is 1.82. The minimum Gasteiger partial charge on any atom is -0.356 e. The van der Waals surface area contributed by atoms with Gasteiger partial charge in [0.2, 0.25) is 0 Å². The molecule has 0 unspecified atom stereocenters. The standard InChI is InChI=1S/C12H15BrN2/c1-12(2,14-3)10-7-8-5-4-6-9(13)11(8)15-10/h4-7,14-15H,1-3H3. The predicted molar refractivity (Wildman–Crippen MR) is 68.1 cm³/mol. The molecule has 2 N–H and O–H groups in total. The quantitative estimate of drug-likeness (QED) is 0.857. The Balaban J connectivity index is 2.62. The molecule has 0 aliphatic heterocycles. The highest BCUT2D eigenvalue weighted by atomic mass is 79.9. The number of hydrogen-bond donors (Lipinski definition) is 2. The van der Waals surface area contributed by atoms with Crippen molar-refractivity contribution in [2.75, 3.05) is 7.05 Å². The summed E-state index contributed by atoms with van der Waals surface area (Å²) in [5.74, 6) is 0. The van der Waals surface area contributed by atoms with E-state index in [1.807, 2.05) is 7.05 Å². The van der Waals surface area contributed by atoms with Gasteiger partial charge in [-0.1, -0.05) is 12.1 Å². The Labute approximate surface area is 98.2 Å². The summed E-state index contributed by atoms with van der Waals surface area (Å²) in [6.45, 7) is 4.32. The zero-order valence-corrected chi connectivity index (χ0v) is 10.8. The second-order valence-corrected chi connectivity index (χ2v) is 5.12. The summed E-state index contributed by atoms with van der Waals surface area (Å²) >= 11 is 3.55. The van der Waals surface area contributed by atoms with Crippen LogP contribution in [-0.2, 0) is 5.54 Å². The first-order valence-corrected chi connectivity index (χ1v) is 5.80. The van der Waals surface area contributed by atoms with Gasteiger partial charge in [-0.15, -0.1) is 0 Å². The number of nitrogens with one attached hydrogen (secondary N) is 2. The Hall–Kier alpha value is -0.800. The summed E-state index contributed by atoms with van der Waals surface area (Å²) in [4.78, 5) is 3.45. The molecule has 0 spiro atoms. The zero-order chi connectivity index (χ0) is 11.1. The molecule has 2 rings (SSSR count). The molecule has 0 saturated heterocycles. The fourth-order valence-electron chi connectivity index (χ4n) is 1.59. The molecule has 1 aromatic carbocycles. The van der Waals surface area contributed by atoms with Crippen molar-refractivity contribution in [3.8, 4) is 0 Å². The van der Waals surface area contributed by atoms with E-state index in [-0.39, 0.29) is 5.54 Å². The highest BCUT2D eigenvalue weighted by molar-refractivity contribution is 9.10. The van der Waals surface area contributed by atoms with Gasteiger partial charge in [-0.3, -0.25) is 0 Å². The average Bonchev–Trinajstić information content (AvgIpc) is 2.64. The van der Waals surface area contributed by atoms with Crippen molar-refractivity contribution in [1.29, 1.82) is 0 Å². The Morgan fingerprint density at radius 1 is 1.33 bits per heavy atom. The average molecular weight is 267 g/mol. The number of rotatable bonds is 2. The van der Waals surface area contributed by atoms with Crippen molar-refractivity contribution in [2.45, 2.75) is 19.4 Å². The Morgan fingerprint density at radius 2 is 2.07 bits per heavy atom. The summed E-state index contributed by atoms with van der Waals surface area (Å²) < 4.78 is 1.11. The number of halogens is 1. The lowest BCUT2D eigenvalue weighted by molar-refractivity contribution is 0.434. The van der Waals surface area contributed by atoms with Crippen LogP contribution in [0.3, 0.4) is 0 Å². The van der Waals surface area contributed by atoms with Crippen molar-refractivity contribution in [1.82, 2.24) is 10.3 Å². The maximum Gasteiger partial charge on any atom is 0.0601 e. The van der Waals surface area contributed by atoms with Crippen LogP contribution in [0.1, 0.15) is 19.5 Å². The maximum atomic E-state index is 3.55. The Morgan fingerprint density at radius 3 is 2.67 bits per heavy atom. The topological polar surface area (TPSA) is 27.8 Å². The number of benzene rings is 1. The van der Waals surface area contributed by atoms with Gasteiger partial charge in [-0.25, -0.2) is 0 Å². The number of H-pyrrole nitrogens is 1. The van der Waals surface area contributed by atoms with E-state index in [0.717, 1.165) is 9.99 Å². The van der Waals surface area contributed by atoms with E-state index in [1.165, 1.54) is 11.1 Å². The second kappa shape index (κ2) is 3.65. The van der Waals surface area contributed by atoms with E-state index < -0.39 is 0 Å². The summed E-state index contributed by atoms with van der Waals surface area (Å²) in [6, 6.07) is 8.41. The molecule has 2 aromatic rings.